The summed E-state index contributed by atoms with van der Waals surface area (Å²) < 4.78 is 6.44. The molecule has 0 aromatic carbocycles. The van der Waals surface area contributed by atoms with Crippen molar-refractivity contribution in [3.63, 3.8) is 0 Å². The second-order valence-electron chi connectivity index (χ2n) is 5.52. The van der Waals surface area contributed by atoms with Crippen molar-refractivity contribution >= 4 is 33.2 Å². The van der Waals surface area contributed by atoms with E-state index < -0.39 is 0 Å². The lowest BCUT2D eigenvalue weighted by Gasteiger charge is -2.36. The molecule has 2 atom stereocenters. The number of cyclic esters (lactones) is 1. The summed E-state index contributed by atoms with van der Waals surface area (Å²) in [6.07, 6.45) is 0.922. The number of piperazine rings is 1. The smallest absolute Gasteiger partial charge is 0.323 e. The summed E-state index contributed by atoms with van der Waals surface area (Å²) in [7, 11) is 0. The van der Waals surface area contributed by atoms with Crippen LogP contribution in [-0.2, 0) is 16.1 Å². The monoisotopic (exact) mass is 358 g/mol. The highest BCUT2D eigenvalue weighted by molar-refractivity contribution is 9.11. The van der Waals surface area contributed by atoms with Crippen LogP contribution in [0, 0.1) is 0 Å². The van der Waals surface area contributed by atoms with Gasteiger partial charge >= 0.3 is 5.97 Å². The minimum atomic E-state index is -0.0341. The molecule has 2 aliphatic rings. The fourth-order valence-electron chi connectivity index (χ4n) is 2.92. The molecule has 2 aliphatic heterocycles. The fourth-order valence-corrected chi connectivity index (χ4v) is 4.45. The third-order valence-electron chi connectivity index (χ3n) is 4.00. The van der Waals surface area contributed by atoms with E-state index in [9.17, 15) is 4.79 Å². The molecule has 3 heterocycles. The standard InChI is InChI=1S/C14H19BrN2O2S/c1-10-8-12(14(18)19-10)17-6-4-16(5-7-17)9-11-2-3-13(15)20-11/h2-3,10,12H,4-9H2,1H3. The summed E-state index contributed by atoms with van der Waals surface area (Å²) in [5, 5.41) is 0. The van der Waals surface area contributed by atoms with Crippen LogP contribution >= 0.6 is 27.3 Å². The maximum absolute atomic E-state index is 11.8. The molecule has 0 bridgehead atoms. The first-order valence-electron chi connectivity index (χ1n) is 7.03. The van der Waals surface area contributed by atoms with Gasteiger partial charge in [0.15, 0.2) is 0 Å². The van der Waals surface area contributed by atoms with E-state index in [0.717, 1.165) is 39.1 Å². The molecule has 110 valence electrons. The van der Waals surface area contributed by atoms with E-state index in [1.54, 1.807) is 11.3 Å². The lowest BCUT2D eigenvalue weighted by atomic mass is 10.1. The molecule has 20 heavy (non-hydrogen) atoms. The van der Waals surface area contributed by atoms with Crippen LogP contribution in [0.5, 0.6) is 0 Å². The van der Waals surface area contributed by atoms with Gasteiger partial charge in [0.1, 0.15) is 12.1 Å². The number of ether oxygens (including phenoxy) is 1. The molecule has 3 rings (SSSR count). The van der Waals surface area contributed by atoms with Crippen LogP contribution in [0.25, 0.3) is 0 Å². The van der Waals surface area contributed by atoms with Crippen LogP contribution in [0.15, 0.2) is 15.9 Å². The van der Waals surface area contributed by atoms with Gasteiger partial charge in [-0.15, -0.1) is 11.3 Å². The lowest BCUT2D eigenvalue weighted by molar-refractivity contribution is -0.145. The summed E-state index contributed by atoms with van der Waals surface area (Å²) in [5.74, 6) is -0.0341. The Hall–Kier alpha value is -0.430. The Bertz CT molecular complexity index is 485. The highest BCUT2D eigenvalue weighted by atomic mass is 79.9. The average molecular weight is 359 g/mol. The van der Waals surface area contributed by atoms with Gasteiger partial charge in [0.05, 0.1) is 3.79 Å². The van der Waals surface area contributed by atoms with Crippen molar-refractivity contribution < 1.29 is 9.53 Å². The highest BCUT2D eigenvalue weighted by Crippen LogP contribution is 2.25. The van der Waals surface area contributed by atoms with E-state index >= 15 is 0 Å². The van der Waals surface area contributed by atoms with Gasteiger partial charge in [-0.05, 0) is 35.0 Å². The molecule has 1 aromatic heterocycles. The number of hydrogen-bond donors (Lipinski definition) is 0. The zero-order chi connectivity index (χ0) is 14.1. The van der Waals surface area contributed by atoms with Crippen molar-refractivity contribution in [1.29, 1.82) is 0 Å². The minimum Gasteiger partial charge on any atom is -0.461 e. The Morgan fingerprint density at radius 1 is 1.35 bits per heavy atom. The van der Waals surface area contributed by atoms with E-state index in [2.05, 4.69) is 37.9 Å². The van der Waals surface area contributed by atoms with E-state index in [4.69, 9.17) is 4.74 Å². The largest absolute Gasteiger partial charge is 0.461 e. The normalized spacial score (nSPS) is 28.8. The summed E-state index contributed by atoms with van der Waals surface area (Å²) in [4.78, 5) is 17.9. The van der Waals surface area contributed by atoms with Crippen molar-refractivity contribution in [2.24, 2.45) is 0 Å². The van der Waals surface area contributed by atoms with Crippen molar-refractivity contribution in [3.8, 4) is 0 Å². The number of rotatable bonds is 3. The van der Waals surface area contributed by atoms with Crippen molar-refractivity contribution in [3.05, 3.63) is 20.8 Å². The zero-order valence-corrected chi connectivity index (χ0v) is 14.0. The lowest BCUT2D eigenvalue weighted by Crippen LogP contribution is -2.51. The van der Waals surface area contributed by atoms with Gasteiger partial charge < -0.3 is 4.74 Å². The van der Waals surface area contributed by atoms with E-state index in [0.29, 0.717) is 0 Å². The van der Waals surface area contributed by atoms with E-state index in [-0.39, 0.29) is 18.1 Å². The third kappa shape index (κ3) is 3.24. The minimum absolute atomic E-state index is 0.0111. The molecule has 6 heteroatoms. The molecule has 0 saturated carbocycles. The zero-order valence-electron chi connectivity index (χ0n) is 11.5. The Balaban J connectivity index is 1.51. The molecule has 4 nitrogen and oxygen atoms in total. The Morgan fingerprint density at radius 2 is 2.10 bits per heavy atom. The van der Waals surface area contributed by atoms with Gasteiger partial charge in [-0.25, -0.2) is 0 Å². The molecule has 0 aliphatic carbocycles. The second-order valence-corrected chi connectivity index (χ2v) is 8.06. The maximum atomic E-state index is 11.8. The predicted molar refractivity (Wildman–Crippen MR) is 82.8 cm³/mol. The Labute approximate surface area is 131 Å². The number of esters is 1. The molecule has 2 unspecified atom stereocenters. The van der Waals surface area contributed by atoms with Crippen molar-refractivity contribution in [2.75, 3.05) is 26.2 Å². The van der Waals surface area contributed by atoms with Crippen LogP contribution in [0.3, 0.4) is 0 Å². The average Bonchev–Trinajstić information content (AvgIpc) is 2.96. The first kappa shape index (κ1) is 14.5. The van der Waals surface area contributed by atoms with Gasteiger partial charge in [-0.2, -0.15) is 0 Å². The number of carbonyl (C=O) groups is 1. The highest BCUT2D eigenvalue weighted by Gasteiger charge is 2.37. The van der Waals surface area contributed by atoms with E-state index in [1.807, 2.05) is 6.92 Å². The van der Waals surface area contributed by atoms with Crippen LogP contribution < -0.4 is 0 Å². The number of halogens is 1. The van der Waals surface area contributed by atoms with Crippen LogP contribution in [0.4, 0.5) is 0 Å². The number of carbonyl (C=O) groups excluding carboxylic acids is 1. The molecule has 0 radical (unpaired) electrons. The topological polar surface area (TPSA) is 32.8 Å². The fraction of sp³-hybridized carbons (Fsp3) is 0.643. The Kier molecular flexibility index (Phi) is 4.45. The predicted octanol–water partition coefficient (Wildman–Crippen LogP) is 2.33. The molecule has 2 fully saturated rings. The number of hydrogen-bond acceptors (Lipinski definition) is 5. The first-order valence-corrected chi connectivity index (χ1v) is 8.64. The van der Waals surface area contributed by atoms with Gasteiger partial charge in [0.2, 0.25) is 0 Å². The molecule has 1 aromatic rings. The summed E-state index contributed by atoms with van der Waals surface area (Å²) in [5.41, 5.74) is 0. The van der Waals surface area contributed by atoms with Gasteiger partial charge in [0.25, 0.3) is 0 Å². The number of thiophene rings is 1. The van der Waals surface area contributed by atoms with Crippen LogP contribution in [0.1, 0.15) is 18.2 Å². The molecule has 0 amide bonds. The third-order valence-corrected chi connectivity index (χ3v) is 5.61. The summed E-state index contributed by atoms with van der Waals surface area (Å²) >= 11 is 5.30. The van der Waals surface area contributed by atoms with Gasteiger partial charge in [0, 0.05) is 44.0 Å². The second kappa shape index (κ2) is 6.13. The SMILES string of the molecule is CC1CC(N2CCN(Cc3ccc(Br)s3)CC2)C(=O)O1. The quantitative estimate of drug-likeness (QED) is 0.776. The van der Waals surface area contributed by atoms with Gasteiger partial charge in [-0.1, -0.05) is 0 Å². The van der Waals surface area contributed by atoms with Crippen molar-refractivity contribution in [1.82, 2.24) is 9.80 Å². The summed E-state index contributed by atoms with van der Waals surface area (Å²) in [6, 6.07) is 4.27. The van der Waals surface area contributed by atoms with Crippen LogP contribution in [0.2, 0.25) is 0 Å². The first-order chi connectivity index (χ1) is 9.61. The molecular weight excluding hydrogens is 340 g/mol. The Morgan fingerprint density at radius 3 is 2.65 bits per heavy atom. The number of nitrogens with zero attached hydrogens (tertiary/aromatic N) is 2. The summed E-state index contributed by atoms with van der Waals surface area (Å²) in [6.45, 7) is 6.94. The molecule has 0 spiro atoms. The van der Waals surface area contributed by atoms with Crippen LogP contribution in [-0.4, -0.2) is 54.1 Å². The molecule has 0 N–H and O–H groups in total. The molecular formula is C14H19BrN2O2S. The van der Waals surface area contributed by atoms with Crippen molar-refractivity contribution in [2.45, 2.75) is 32.0 Å². The maximum Gasteiger partial charge on any atom is 0.323 e. The van der Waals surface area contributed by atoms with E-state index in [1.165, 1.54) is 8.66 Å². The molecule has 2 saturated heterocycles. The van der Waals surface area contributed by atoms with Gasteiger partial charge in [-0.3, -0.25) is 14.6 Å².